The summed E-state index contributed by atoms with van der Waals surface area (Å²) >= 11 is 6.16. The molecule has 1 aliphatic carbocycles. The zero-order valence-corrected chi connectivity index (χ0v) is 12.1. The number of hydrogen-bond acceptors (Lipinski definition) is 1. The molecule has 3 heteroatoms. The molecule has 0 fully saturated rings. The number of aryl methyl sites for hydroxylation is 1. The van der Waals surface area contributed by atoms with E-state index in [1.165, 1.54) is 30.9 Å². The van der Waals surface area contributed by atoms with Crippen molar-refractivity contribution in [2.45, 2.75) is 38.5 Å². The van der Waals surface area contributed by atoms with Crippen molar-refractivity contribution in [2.24, 2.45) is 0 Å². The van der Waals surface area contributed by atoms with Crippen LogP contribution in [0.15, 0.2) is 30.3 Å². The Morgan fingerprint density at radius 2 is 1.80 bits per heavy atom. The van der Waals surface area contributed by atoms with E-state index in [0.29, 0.717) is 5.15 Å². The van der Waals surface area contributed by atoms with E-state index in [-0.39, 0.29) is 5.82 Å². The summed E-state index contributed by atoms with van der Waals surface area (Å²) in [5.74, 6) is -0.213. The number of aromatic nitrogens is 1. The fourth-order valence-electron chi connectivity index (χ4n) is 2.94. The average Bonchev–Trinajstić information content (AvgIpc) is 2.40. The average molecular weight is 290 g/mol. The summed E-state index contributed by atoms with van der Waals surface area (Å²) in [7, 11) is 0. The Labute approximate surface area is 123 Å². The van der Waals surface area contributed by atoms with E-state index in [9.17, 15) is 4.39 Å². The highest BCUT2D eigenvalue weighted by atomic mass is 35.5. The third-order valence-corrected chi connectivity index (χ3v) is 4.10. The van der Waals surface area contributed by atoms with Gasteiger partial charge in [-0.2, -0.15) is 0 Å². The zero-order chi connectivity index (χ0) is 13.9. The second-order valence-electron chi connectivity index (χ2n) is 5.34. The molecule has 0 aliphatic heterocycles. The van der Waals surface area contributed by atoms with Crippen molar-refractivity contribution >= 4 is 11.6 Å². The first-order valence-electron chi connectivity index (χ1n) is 7.18. The first-order chi connectivity index (χ1) is 9.74. The van der Waals surface area contributed by atoms with E-state index in [1.807, 2.05) is 12.1 Å². The molecule has 20 heavy (non-hydrogen) atoms. The van der Waals surface area contributed by atoms with Gasteiger partial charge in [-0.3, -0.25) is 0 Å². The van der Waals surface area contributed by atoms with Crippen LogP contribution in [0.1, 0.15) is 36.9 Å². The Kier molecular flexibility index (Phi) is 4.02. The van der Waals surface area contributed by atoms with Gasteiger partial charge in [0.1, 0.15) is 11.0 Å². The van der Waals surface area contributed by atoms with Gasteiger partial charge in [0.15, 0.2) is 0 Å². The first kappa shape index (κ1) is 13.6. The number of rotatable bonds is 1. The highest BCUT2D eigenvalue weighted by Crippen LogP contribution is 2.32. The fraction of sp³-hybridized carbons (Fsp3) is 0.353. The summed E-state index contributed by atoms with van der Waals surface area (Å²) in [4.78, 5) is 4.50. The molecule has 1 heterocycles. The lowest BCUT2D eigenvalue weighted by atomic mass is 9.91. The molecule has 0 saturated carbocycles. The molecule has 1 nitrogen and oxygen atoms in total. The normalized spacial score (nSPS) is 15.3. The minimum absolute atomic E-state index is 0.213. The highest BCUT2D eigenvalue weighted by Gasteiger charge is 2.15. The van der Waals surface area contributed by atoms with E-state index in [0.717, 1.165) is 36.1 Å². The van der Waals surface area contributed by atoms with Crippen LogP contribution in [0.2, 0.25) is 5.15 Å². The fourth-order valence-corrected chi connectivity index (χ4v) is 3.15. The van der Waals surface area contributed by atoms with Gasteiger partial charge >= 0.3 is 0 Å². The first-order valence-corrected chi connectivity index (χ1v) is 7.56. The minimum atomic E-state index is -0.213. The van der Waals surface area contributed by atoms with Crippen molar-refractivity contribution in [3.63, 3.8) is 0 Å². The lowest BCUT2D eigenvalue weighted by molar-refractivity contribution is 0.609. The maximum atomic E-state index is 13.5. The number of benzene rings is 1. The molecule has 1 aromatic carbocycles. The van der Waals surface area contributed by atoms with E-state index in [4.69, 9.17) is 11.6 Å². The number of pyridine rings is 1. The van der Waals surface area contributed by atoms with E-state index in [1.54, 1.807) is 12.1 Å². The predicted molar refractivity (Wildman–Crippen MR) is 80.5 cm³/mol. The van der Waals surface area contributed by atoms with Gasteiger partial charge < -0.3 is 0 Å². The lowest BCUT2D eigenvalue weighted by Gasteiger charge is -2.17. The smallest absolute Gasteiger partial charge is 0.129 e. The standard InChI is InChI=1S/C17H17ClFN/c18-17-11-15(12-6-5-7-13(19)10-12)14-8-3-1-2-4-9-16(14)20-17/h5-7,10-11H,1-4,8-9H2. The second kappa shape index (κ2) is 5.92. The maximum absolute atomic E-state index is 13.5. The Bertz CT molecular complexity index is 624. The summed E-state index contributed by atoms with van der Waals surface area (Å²) in [6, 6.07) is 8.60. The molecule has 1 aliphatic rings. The van der Waals surface area contributed by atoms with Gasteiger partial charge in [0.2, 0.25) is 0 Å². The third-order valence-electron chi connectivity index (χ3n) is 3.90. The predicted octanol–water partition coefficient (Wildman–Crippen LogP) is 5.20. The quantitative estimate of drug-likeness (QED) is 0.658. The molecule has 0 unspecified atom stereocenters. The van der Waals surface area contributed by atoms with Crippen LogP contribution < -0.4 is 0 Å². The Hall–Kier alpha value is -1.41. The van der Waals surface area contributed by atoms with Crippen LogP contribution in [-0.4, -0.2) is 4.98 Å². The number of nitrogens with zero attached hydrogens (tertiary/aromatic N) is 1. The van der Waals surface area contributed by atoms with Gasteiger partial charge in [0.25, 0.3) is 0 Å². The largest absolute Gasteiger partial charge is 0.241 e. The Morgan fingerprint density at radius 1 is 1.00 bits per heavy atom. The summed E-state index contributed by atoms with van der Waals surface area (Å²) in [5.41, 5.74) is 4.28. The van der Waals surface area contributed by atoms with Gasteiger partial charge in [-0.15, -0.1) is 0 Å². The van der Waals surface area contributed by atoms with Crippen LogP contribution in [0.5, 0.6) is 0 Å². The molecule has 0 saturated heterocycles. The number of halogens is 2. The van der Waals surface area contributed by atoms with Crippen LogP contribution in [0.4, 0.5) is 4.39 Å². The molecule has 104 valence electrons. The molecule has 0 radical (unpaired) electrons. The van der Waals surface area contributed by atoms with Crippen molar-refractivity contribution in [2.75, 3.05) is 0 Å². The van der Waals surface area contributed by atoms with Crippen molar-refractivity contribution in [1.29, 1.82) is 0 Å². The van der Waals surface area contributed by atoms with Crippen LogP contribution in [0.3, 0.4) is 0 Å². The zero-order valence-electron chi connectivity index (χ0n) is 11.3. The second-order valence-corrected chi connectivity index (χ2v) is 5.73. The van der Waals surface area contributed by atoms with Crippen molar-refractivity contribution in [3.8, 4) is 11.1 Å². The van der Waals surface area contributed by atoms with Crippen molar-refractivity contribution < 1.29 is 4.39 Å². The molecule has 0 N–H and O–H groups in total. The Balaban J connectivity index is 2.14. The molecule has 2 aromatic rings. The molecule has 3 rings (SSSR count). The third kappa shape index (κ3) is 2.85. The van der Waals surface area contributed by atoms with E-state index in [2.05, 4.69) is 4.98 Å². The summed E-state index contributed by atoms with van der Waals surface area (Å²) in [5, 5.41) is 0.503. The van der Waals surface area contributed by atoms with Crippen molar-refractivity contribution in [1.82, 2.24) is 4.98 Å². The topological polar surface area (TPSA) is 12.9 Å². The van der Waals surface area contributed by atoms with Gasteiger partial charge in [-0.05, 0) is 60.6 Å². The van der Waals surface area contributed by atoms with Crippen LogP contribution in [0.25, 0.3) is 11.1 Å². The van der Waals surface area contributed by atoms with Crippen molar-refractivity contribution in [3.05, 3.63) is 52.6 Å². The van der Waals surface area contributed by atoms with Crippen LogP contribution in [-0.2, 0) is 12.8 Å². The molecule has 0 amide bonds. The molecular formula is C17H17ClFN. The van der Waals surface area contributed by atoms with Crippen LogP contribution in [0, 0.1) is 5.82 Å². The van der Waals surface area contributed by atoms with Gasteiger partial charge in [0.05, 0.1) is 0 Å². The minimum Gasteiger partial charge on any atom is -0.241 e. The van der Waals surface area contributed by atoms with Gasteiger partial charge in [-0.1, -0.05) is 36.6 Å². The van der Waals surface area contributed by atoms with E-state index >= 15 is 0 Å². The number of fused-ring (bicyclic) bond motifs is 1. The van der Waals surface area contributed by atoms with E-state index < -0.39 is 0 Å². The summed E-state index contributed by atoms with van der Waals surface area (Å²) in [6.45, 7) is 0. The molecular weight excluding hydrogens is 273 g/mol. The monoisotopic (exact) mass is 289 g/mol. The summed E-state index contributed by atoms with van der Waals surface area (Å²) in [6.07, 6.45) is 6.80. The highest BCUT2D eigenvalue weighted by molar-refractivity contribution is 6.29. The molecule has 0 atom stereocenters. The maximum Gasteiger partial charge on any atom is 0.129 e. The molecule has 0 spiro atoms. The summed E-state index contributed by atoms with van der Waals surface area (Å²) < 4.78 is 13.5. The van der Waals surface area contributed by atoms with Gasteiger partial charge in [-0.25, -0.2) is 9.37 Å². The SMILES string of the molecule is Fc1cccc(-c2cc(Cl)nc3c2CCCCCC3)c1. The lowest BCUT2D eigenvalue weighted by Crippen LogP contribution is -2.05. The number of hydrogen-bond donors (Lipinski definition) is 0. The van der Waals surface area contributed by atoms with Crippen LogP contribution >= 0.6 is 11.6 Å². The Morgan fingerprint density at radius 3 is 2.60 bits per heavy atom. The molecule has 0 bridgehead atoms. The molecule has 1 aromatic heterocycles. The van der Waals surface area contributed by atoms with Gasteiger partial charge in [0, 0.05) is 5.69 Å².